The van der Waals surface area contributed by atoms with Crippen LogP contribution in [-0.4, -0.2) is 20.2 Å². The zero-order valence-electron chi connectivity index (χ0n) is 9.82. The van der Waals surface area contributed by atoms with Crippen LogP contribution in [0.3, 0.4) is 0 Å². The van der Waals surface area contributed by atoms with E-state index in [0.29, 0.717) is 12.5 Å². The number of nitrogens with one attached hydrogen (secondary N) is 1. The van der Waals surface area contributed by atoms with E-state index in [2.05, 4.69) is 42.8 Å². The highest BCUT2D eigenvalue weighted by Crippen LogP contribution is 2.22. The van der Waals surface area contributed by atoms with Crippen molar-refractivity contribution < 1.29 is 0 Å². The first-order chi connectivity index (χ1) is 9.33. The number of thiophene rings is 1. The molecule has 0 atom stereocenters. The summed E-state index contributed by atoms with van der Waals surface area (Å²) in [7, 11) is 0. The number of tetrazole rings is 1. The van der Waals surface area contributed by atoms with Crippen molar-refractivity contribution in [3.05, 3.63) is 51.1 Å². The van der Waals surface area contributed by atoms with E-state index in [1.54, 1.807) is 16.0 Å². The van der Waals surface area contributed by atoms with Crippen molar-refractivity contribution >= 4 is 33.2 Å². The SMILES string of the molecule is Brc1ccc(CNc2nnnn2-c2ccccc2)s1. The van der Waals surface area contributed by atoms with Crippen molar-refractivity contribution in [2.24, 2.45) is 0 Å². The highest BCUT2D eigenvalue weighted by Gasteiger charge is 2.07. The lowest BCUT2D eigenvalue weighted by atomic mass is 10.3. The zero-order chi connectivity index (χ0) is 13.1. The second kappa shape index (κ2) is 5.50. The molecule has 2 aromatic heterocycles. The second-order valence-corrected chi connectivity index (χ2v) is 6.36. The van der Waals surface area contributed by atoms with Gasteiger partial charge in [-0.05, 0) is 50.6 Å². The van der Waals surface area contributed by atoms with Gasteiger partial charge in [0.2, 0.25) is 5.95 Å². The molecule has 0 saturated heterocycles. The molecule has 19 heavy (non-hydrogen) atoms. The average Bonchev–Trinajstić information content (AvgIpc) is 3.06. The Morgan fingerprint density at radius 2 is 2.00 bits per heavy atom. The molecule has 0 radical (unpaired) electrons. The van der Waals surface area contributed by atoms with Crippen molar-refractivity contribution in [1.29, 1.82) is 0 Å². The molecule has 0 aliphatic heterocycles. The molecule has 0 bridgehead atoms. The lowest BCUT2D eigenvalue weighted by Gasteiger charge is -2.05. The normalized spacial score (nSPS) is 10.6. The van der Waals surface area contributed by atoms with Crippen LogP contribution in [0.25, 0.3) is 5.69 Å². The van der Waals surface area contributed by atoms with Gasteiger partial charge in [0.05, 0.1) is 16.0 Å². The van der Waals surface area contributed by atoms with Gasteiger partial charge < -0.3 is 5.32 Å². The van der Waals surface area contributed by atoms with E-state index in [4.69, 9.17) is 0 Å². The summed E-state index contributed by atoms with van der Waals surface area (Å²) >= 11 is 5.13. The molecular weight excluding hydrogens is 326 g/mol. The van der Waals surface area contributed by atoms with Gasteiger partial charge in [-0.3, -0.25) is 0 Å². The average molecular weight is 336 g/mol. The topological polar surface area (TPSA) is 55.6 Å². The number of rotatable bonds is 4. The summed E-state index contributed by atoms with van der Waals surface area (Å²) < 4.78 is 2.80. The first-order valence-electron chi connectivity index (χ1n) is 5.65. The van der Waals surface area contributed by atoms with Gasteiger partial charge in [-0.25, -0.2) is 0 Å². The van der Waals surface area contributed by atoms with E-state index < -0.39 is 0 Å². The van der Waals surface area contributed by atoms with Gasteiger partial charge in [-0.15, -0.1) is 11.3 Å². The van der Waals surface area contributed by atoms with E-state index >= 15 is 0 Å². The third-order valence-corrected chi connectivity index (χ3v) is 4.14. The predicted octanol–water partition coefficient (Wildman–Crippen LogP) is 3.10. The largest absolute Gasteiger partial charge is 0.348 e. The predicted molar refractivity (Wildman–Crippen MR) is 78.5 cm³/mol. The van der Waals surface area contributed by atoms with E-state index in [9.17, 15) is 0 Å². The molecule has 0 saturated carbocycles. The Balaban J connectivity index is 1.77. The summed E-state index contributed by atoms with van der Waals surface area (Å²) in [5, 5.41) is 14.9. The summed E-state index contributed by atoms with van der Waals surface area (Å²) in [6.07, 6.45) is 0. The highest BCUT2D eigenvalue weighted by molar-refractivity contribution is 9.11. The van der Waals surface area contributed by atoms with Crippen molar-refractivity contribution in [3.8, 4) is 5.69 Å². The quantitative estimate of drug-likeness (QED) is 0.795. The van der Waals surface area contributed by atoms with E-state index in [1.165, 1.54) is 4.88 Å². The Hall–Kier alpha value is -1.73. The number of para-hydroxylation sites is 1. The van der Waals surface area contributed by atoms with E-state index in [-0.39, 0.29) is 0 Å². The third kappa shape index (κ3) is 2.82. The van der Waals surface area contributed by atoms with Gasteiger partial charge in [0.25, 0.3) is 0 Å². The lowest BCUT2D eigenvalue weighted by Crippen LogP contribution is -2.06. The summed E-state index contributed by atoms with van der Waals surface area (Å²) in [6.45, 7) is 0.698. The van der Waals surface area contributed by atoms with Gasteiger partial charge in [-0.1, -0.05) is 23.3 Å². The Kier molecular flexibility index (Phi) is 3.56. The van der Waals surface area contributed by atoms with Gasteiger partial charge in [0.15, 0.2) is 0 Å². The smallest absolute Gasteiger partial charge is 0.248 e. The van der Waals surface area contributed by atoms with Crippen LogP contribution >= 0.6 is 27.3 Å². The Bertz CT molecular complexity index is 664. The fourth-order valence-corrected chi connectivity index (χ4v) is 3.08. The van der Waals surface area contributed by atoms with Crippen molar-refractivity contribution in [3.63, 3.8) is 0 Å². The van der Waals surface area contributed by atoms with Crippen LogP contribution in [0.1, 0.15) is 4.88 Å². The maximum Gasteiger partial charge on any atom is 0.248 e. The van der Waals surface area contributed by atoms with Crippen LogP contribution < -0.4 is 5.32 Å². The van der Waals surface area contributed by atoms with Gasteiger partial charge in [0.1, 0.15) is 0 Å². The molecule has 0 fully saturated rings. The summed E-state index contributed by atoms with van der Waals surface area (Å²) in [5.74, 6) is 0.635. The monoisotopic (exact) mass is 335 g/mol. The number of halogens is 1. The summed E-state index contributed by atoms with van der Waals surface area (Å²) in [4.78, 5) is 1.22. The van der Waals surface area contributed by atoms with Crippen LogP contribution in [0.4, 0.5) is 5.95 Å². The Morgan fingerprint density at radius 1 is 1.16 bits per heavy atom. The number of nitrogens with zero attached hydrogens (tertiary/aromatic N) is 4. The van der Waals surface area contributed by atoms with E-state index in [1.807, 2.05) is 36.4 Å². The molecule has 0 aliphatic carbocycles. The molecule has 96 valence electrons. The van der Waals surface area contributed by atoms with Crippen LogP contribution in [0, 0.1) is 0 Å². The molecule has 3 aromatic rings. The standard InChI is InChI=1S/C12H10BrN5S/c13-11-7-6-10(19-11)8-14-12-15-16-17-18(12)9-4-2-1-3-5-9/h1-7H,8H2,(H,14,15,17). The molecular formula is C12H10BrN5S. The van der Waals surface area contributed by atoms with E-state index in [0.717, 1.165) is 9.47 Å². The highest BCUT2D eigenvalue weighted by atomic mass is 79.9. The third-order valence-electron chi connectivity index (χ3n) is 2.52. The van der Waals surface area contributed by atoms with Crippen LogP contribution in [0.2, 0.25) is 0 Å². The van der Waals surface area contributed by atoms with Crippen molar-refractivity contribution in [1.82, 2.24) is 20.2 Å². The molecule has 7 heteroatoms. The maximum atomic E-state index is 4.00. The minimum Gasteiger partial charge on any atom is -0.348 e. The fraction of sp³-hybridized carbons (Fsp3) is 0.0833. The molecule has 2 heterocycles. The fourth-order valence-electron chi connectivity index (χ4n) is 1.65. The minimum absolute atomic E-state index is 0.635. The molecule has 0 spiro atoms. The molecule has 1 N–H and O–H groups in total. The summed E-state index contributed by atoms with van der Waals surface area (Å²) in [5.41, 5.74) is 0.933. The van der Waals surface area contributed by atoms with Crippen molar-refractivity contribution in [2.45, 2.75) is 6.54 Å². The second-order valence-electron chi connectivity index (χ2n) is 3.81. The molecule has 5 nitrogen and oxygen atoms in total. The number of aromatic nitrogens is 4. The first-order valence-corrected chi connectivity index (χ1v) is 7.26. The number of hydrogen-bond acceptors (Lipinski definition) is 5. The lowest BCUT2D eigenvalue weighted by molar-refractivity contribution is 0.789. The van der Waals surface area contributed by atoms with Gasteiger partial charge in [-0.2, -0.15) is 4.68 Å². The van der Waals surface area contributed by atoms with Crippen molar-refractivity contribution in [2.75, 3.05) is 5.32 Å². The van der Waals surface area contributed by atoms with Gasteiger partial charge in [0, 0.05) is 4.88 Å². The number of hydrogen-bond donors (Lipinski definition) is 1. The zero-order valence-corrected chi connectivity index (χ0v) is 12.2. The Morgan fingerprint density at radius 3 is 2.74 bits per heavy atom. The number of anilines is 1. The number of benzene rings is 1. The molecule has 3 rings (SSSR count). The molecule has 0 amide bonds. The Labute approximate surface area is 122 Å². The van der Waals surface area contributed by atoms with Crippen LogP contribution in [-0.2, 0) is 6.54 Å². The molecule has 1 aromatic carbocycles. The van der Waals surface area contributed by atoms with Crippen LogP contribution in [0.15, 0.2) is 46.3 Å². The minimum atomic E-state index is 0.635. The molecule has 0 aliphatic rings. The maximum absolute atomic E-state index is 4.00. The summed E-state index contributed by atoms with van der Waals surface area (Å²) in [6, 6.07) is 13.9. The first kappa shape index (κ1) is 12.3. The van der Waals surface area contributed by atoms with Crippen LogP contribution in [0.5, 0.6) is 0 Å². The molecule has 0 unspecified atom stereocenters. The van der Waals surface area contributed by atoms with Gasteiger partial charge >= 0.3 is 0 Å².